The second kappa shape index (κ2) is 9.49. The van der Waals surface area contributed by atoms with E-state index in [2.05, 4.69) is 150 Å². The summed E-state index contributed by atoms with van der Waals surface area (Å²) in [7, 11) is 6.07. The number of benzene rings is 6. The quantitative estimate of drug-likeness (QED) is 0.217. The molecule has 6 aromatic rings. The minimum Gasteiger partial charge on any atom is -0.310 e. The molecule has 39 heavy (non-hydrogen) atoms. The van der Waals surface area contributed by atoms with Crippen LogP contribution in [0.5, 0.6) is 0 Å². The first-order valence-corrected chi connectivity index (χ1v) is 13.3. The van der Waals surface area contributed by atoms with Crippen LogP contribution in [0.25, 0.3) is 11.1 Å². The van der Waals surface area contributed by atoms with E-state index < -0.39 is 5.41 Å². The molecular formula is C37H26BN. The highest BCUT2D eigenvalue weighted by molar-refractivity contribution is 6.32. The molecular weight excluding hydrogens is 469 g/mol. The van der Waals surface area contributed by atoms with Crippen LogP contribution in [-0.4, -0.2) is 7.85 Å². The molecule has 0 unspecified atom stereocenters. The summed E-state index contributed by atoms with van der Waals surface area (Å²) in [4.78, 5) is 2.31. The van der Waals surface area contributed by atoms with Gasteiger partial charge in [0.05, 0.1) is 5.41 Å². The second-order valence-corrected chi connectivity index (χ2v) is 10.0. The molecule has 1 nitrogen and oxygen atoms in total. The lowest BCUT2D eigenvalue weighted by molar-refractivity contribution is 0.768. The average Bonchev–Trinajstić information content (AvgIpc) is 3.30. The molecule has 0 heterocycles. The molecule has 0 fully saturated rings. The molecule has 0 aliphatic heterocycles. The lowest BCUT2D eigenvalue weighted by Gasteiger charge is -2.35. The smallest absolute Gasteiger partial charge is 0.113 e. The van der Waals surface area contributed by atoms with E-state index in [1.165, 1.54) is 33.4 Å². The number of rotatable bonds is 5. The van der Waals surface area contributed by atoms with Gasteiger partial charge in [0.15, 0.2) is 0 Å². The van der Waals surface area contributed by atoms with Crippen LogP contribution in [0.15, 0.2) is 158 Å². The molecule has 182 valence electrons. The molecule has 0 saturated heterocycles. The van der Waals surface area contributed by atoms with Crippen molar-refractivity contribution in [3.05, 3.63) is 180 Å². The zero-order valence-corrected chi connectivity index (χ0v) is 21.5. The van der Waals surface area contributed by atoms with Gasteiger partial charge in [0.1, 0.15) is 7.85 Å². The van der Waals surface area contributed by atoms with Gasteiger partial charge < -0.3 is 4.90 Å². The van der Waals surface area contributed by atoms with Crippen LogP contribution in [0.3, 0.4) is 0 Å². The first-order valence-electron chi connectivity index (χ1n) is 13.3. The van der Waals surface area contributed by atoms with Gasteiger partial charge in [-0.15, -0.1) is 0 Å². The summed E-state index contributed by atoms with van der Waals surface area (Å²) in [5.74, 6) is 0. The Morgan fingerprint density at radius 1 is 0.410 bits per heavy atom. The fraction of sp³-hybridized carbons (Fsp3) is 0.0270. The van der Waals surface area contributed by atoms with Gasteiger partial charge in [-0.2, -0.15) is 0 Å². The maximum atomic E-state index is 6.07. The Hall–Kier alpha value is -4.82. The van der Waals surface area contributed by atoms with E-state index in [9.17, 15) is 0 Å². The molecule has 6 aromatic carbocycles. The molecule has 0 saturated carbocycles. The van der Waals surface area contributed by atoms with Gasteiger partial charge in [0.25, 0.3) is 0 Å². The summed E-state index contributed by atoms with van der Waals surface area (Å²) in [6.07, 6.45) is 0. The van der Waals surface area contributed by atoms with Crippen LogP contribution in [-0.2, 0) is 5.41 Å². The topological polar surface area (TPSA) is 3.24 Å². The third kappa shape index (κ3) is 3.72. The fourth-order valence-electron chi connectivity index (χ4n) is 6.22. The van der Waals surface area contributed by atoms with Gasteiger partial charge in [-0.3, -0.25) is 0 Å². The molecule has 0 amide bonds. The number of hydrogen-bond acceptors (Lipinski definition) is 1. The van der Waals surface area contributed by atoms with E-state index in [1.807, 2.05) is 12.1 Å². The third-order valence-corrected chi connectivity index (χ3v) is 7.87. The predicted molar refractivity (Wildman–Crippen MR) is 164 cm³/mol. The average molecular weight is 495 g/mol. The van der Waals surface area contributed by atoms with Crippen LogP contribution < -0.4 is 10.4 Å². The van der Waals surface area contributed by atoms with Crippen molar-refractivity contribution in [3.8, 4) is 11.1 Å². The summed E-state index contributed by atoms with van der Waals surface area (Å²) >= 11 is 0. The largest absolute Gasteiger partial charge is 0.310 e. The van der Waals surface area contributed by atoms with Gasteiger partial charge in [-0.1, -0.05) is 127 Å². The lowest BCUT2D eigenvalue weighted by Crippen LogP contribution is -2.28. The number of nitrogens with zero attached hydrogens (tertiary/aromatic N) is 1. The minimum absolute atomic E-state index is 0.437. The SMILES string of the molecule is [B]c1ccc(N(c2ccccc2)c2ccc3c(c2)C(c2ccccc2)(c2ccccc2)c2ccccc2-3)cc1. The lowest BCUT2D eigenvalue weighted by atomic mass is 9.67. The van der Waals surface area contributed by atoms with Gasteiger partial charge in [-0.05, 0) is 69.8 Å². The molecule has 0 aromatic heterocycles. The molecule has 0 bridgehead atoms. The summed E-state index contributed by atoms with van der Waals surface area (Å²) in [6, 6.07) is 56.3. The summed E-state index contributed by atoms with van der Waals surface area (Å²) in [5, 5.41) is 0. The van der Waals surface area contributed by atoms with Crippen molar-refractivity contribution in [3.63, 3.8) is 0 Å². The Bertz CT molecular complexity index is 1700. The second-order valence-electron chi connectivity index (χ2n) is 10.0. The summed E-state index contributed by atoms with van der Waals surface area (Å²) in [5.41, 5.74) is 11.3. The first kappa shape index (κ1) is 23.3. The Morgan fingerprint density at radius 2 is 0.897 bits per heavy atom. The minimum atomic E-state index is -0.437. The van der Waals surface area contributed by atoms with E-state index in [-0.39, 0.29) is 0 Å². The van der Waals surface area contributed by atoms with Gasteiger partial charge in [0.2, 0.25) is 0 Å². The Kier molecular flexibility index (Phi) is 5.67. The third-order valence-electron chi connectivity index (χ3n) is 7.87. The van der Waals surface area contributed by atoms with Crippen molar-refractivity contribution in [2.24, 2.45) is 0 Å². The van der Waals surface area contributed by atoms with Crippen LogP contribution in [0.1, 0.15) is 22.3 Å². The van der Waals surface area contributed by atoms with Crippen molar-refractivity contribution in [2.75, 3.05) is 4.90 Å². The monoisotopic (exact) mass is 495 g/mol. The van der Waals surface area contributed by atoms with Crippen LogP contribution in [0.2, 0.25) is 0 Å². The molecule has 2 radical (unpaired) electrons. The zero-order chi connectivity index (χ0) is 26.2. The summed E-state index contributed by atoms with van der Waals surface area (Å²) < 4.78 is 0. The van der Waals surface area contributed by atoms with Gasteiger partial charge in [-0.25, -0.2) is 0 Å². The van der Waals surface area contributed by atoms with Crippen molar-refractivity contribution in [1.29, 1.82) is 0 Å². The maximum absolute atomic E-state index is 6.07. The Balaban J connectivity index is 1.54. The highest BCUT2D eigenvalue weighted by atomic mass is 15.1. The van der Waals surface area contributed by atoms with Crippen molar-refractivity contribution in [2.45, 2.75) is 5.41 Å². The molecule has 0 N–H and O–H groups in total. The number of anilines is 3. The summed E-state index contributed by atoms with van der Waals surface area (Å²) in [6.45, 7) is 0. The fourth-order valence-corrected chi connectivity index (χ4v) is 6.22. The highest BCUT2D eigenvalue weighted by Crippen LogP contribution is 2.57. The van der Waals surface area contributed by atoms with E-state index in [1.54, 1.807) is 0 Å². The van der Waals surface area contributed by atoms with Gasteiger partial charge in [0, 0.05) is 17.1 Å². The number of hydrogen-bond donors (Lipinski definition) is 0. The Labute approximate surface area is 231 Å². The number of para-hydroxylation sites is 1. The Morgan fingerprint density at radius 3 is 1.54 bits per heavy atom. The predicted octanol–water partition coefficient (Wildman–Crippen LogP) is 8.31. The van der Waals surface area contributed by atoms with E-state index in [4.69, 9.17) is 7.85 Å². The highest BCUT2D eigenvalue weighted by Gasteiger charge is 2.46. The zero-order valence-electron chi connectivity index (χ0n) is 21.5. The van der Waals surface area contributed by atoms with Crippen molar-refractivity contribution >= 4 is 30.4 Å². The van der Waals surface area contributed by atoms with Crippen molar-refractivity contribution in [1.82, 2.24) is 0 Å². The van der Waals surface area contributed by atoms with E-state index in [0.29, 0.717) is 0 Å². The molecule has 7 rings (SSSR count). The standard InChI is InChI=1S/C37H26BN/c38-29-20-22-31(23-21-29)39(30-16-8-3-9-17-30)32-24-25-34-33-18-10-11-19-35(33)37(36(34)26-32,27-12-4-1-5-13-27)28-14-6-2-7-15-28/h1-26H. The molecule has 2 heteroatoms. The van der Waals surface area contributed by atoms with Crippen LogP contribution >= 0.6 is 0 Å². The maximum Gasteiger partial charge on any atom is 0.113 e. The molecule has 1 aliphatic rings. The number of fused-ring (bicyclic) bond motifs is 3. The van der Waals surface area contributed by atoms with E-state index in [0.717, 1.165) is 22.5 Å². The molecule has 1 aliphatic carbocycles. The normalized spacial score (nSPS) is 12.9. The molecule has 0 atom stereocenters. The van der Waals surface area contributed by atoms with Crippen molar-refractivity contribution < 1.29 is 0 Å². The van der Waals surface area contributed by atoms with Crippen LogP contribution in [0, 0.1) is 0 Å². The van der Waals surface area contributed by atoms with E-state index >= 15 is 0 Å². The van der Waals surface area contributed by atoms with Gasteiger partial charge >= 0.3 is 0 Å². The molecule has 0 spiro atoms. The first-order chi connectivity index (χ1) is 19.3. The van der Waals surface area contributed by atoms with Crippen LogP contribution in [0.4, 0.5) is 17.1 Å².